The highest BCUT2D eigenvalue weighted by Crippen LogP contribution is 2.66. The molecule has 11 rings (SSSR count). The molecule has 3 aliphatic carbocycles. The average Bonchev–Trinajstić information content (AvgIpc) is 3.92. The molecule has 220 valence electrons. The lowest BCUT2D eigenvalue weighted by Crippen LogP contribution is -2.32. The van der Waals surface area contributed by atoms with Gasteiger partial charge in [-0.1, -0.05) is 85.3 Å². The van der Waals surface area contributed by atoms with Crippen LogP contribution in [0.4, 0.5) is 17.1 Å². The van der Waals surface area contributed by atoms with E-state index in [-0.39, 0.29) is 5.41 Å². The predicted octanol–water partition coefficient (Wildman–Crippen LogP) is 13.0. The van der Waals surface area contributed by atoms with Gasteiger partial charge < -0.3 is 4.90 Å². The predicted molar refractivity (Wildman–Crippen MR) is 199 cm³/mol. The fraction of sp³-hybridized carbons (Fsp3) is 0.163. The van der Waals surface area contributed by atoms with Crippen molar-refractivity contribution in [1.82, 2.24) is 0 Å². The quantitative estimate of drug-likeness (QED) is 0.189. The molecular weight excluding hydrogens is 595 g/mol. The molecule has 6 aromatic carbocycles. The van der Waals surface area contributed by atoms with Crippen molar-refractivity contribution in [3.8, 4) is 11.1 Å². The van der Waals surface area contributed by atoms with Crippen LogP contribution in [0.1, 0.15) is 36.8 Å². The summed E-state index contributed by atoms with van der Waals surface area (Å²) in [5.74, 6) is 1.60. The van der Waals surface area contributed by atoms with E-state index < -0.39 is 0 Å². The summed E-state index contributed by atoms with van der Waals surface area (Å²) >= 11 is 3.80. The third kappa shape index (κ3) is 3.40. The van der Waals surface area contributed by atoms with Crippen LogP contribution < -0.4 is 4.90 Å². The summed E-state index contributed by atoms with van der Waals surface area (Å²) in [6.07, 6.45) is 5.44. The van der Waals surface area contributed by atoms with Crippen molar-refractivity contribution in [3.63, 3.8) is 0 Å². The largest absolute Gasteiger partial charge is 0.310 e. The van der Waals surface area contributed by atoms with Gasteiger partial charge in [0.2, 0.25) is 0 Å². The molecule has 2 saturated carbocycles. The molecule has 46 heavy (non-hydrogen) atoms. The first-order chi connectivity index (χ1) is 22.7. The standard InChI is InChI=1S/C43H31NS2/c1-4-10-37-31(7-1)32-18-15-28(22-38(32)43(37)25-26-13-14-27(43)21-26)44(29-16-19-35-33-8-2-5-11-39(33)45-41(35)23-29)30-17-20-36-34-9-3-6-12-40(34)46-42(36)24-30/h1-12,15-20,22-24,26-27H,13-14,21,25H2. The lowest BCUT2D eigenvalue weighted by atomic mass is 9.67. The number of hydrogen-bond acceptors (Lipinski definition) is 3. The maximum Gasteiger partial charge on any atom is 0.0476 e. The Kier molecular flexibility index (Phi) is 5.21. The molecule has 2 bridgehead atoms. The van der Waals surface area contributed by atoms with Gasteiger partial charge in [0.15, 0.2) is 0 Å². The number of hydrogen-bond donors (Lipinski definition) is 0. The molecule has 2 heterocycles. The Bertz CT molecular complexity index is 2420. The van der Waals surface area contributed by atoms with Crippen molar-refractivity contribution in [2.24, 2.45) is 11.8 Å². The summed E-state index contributed by atoms with van der Waals surface area (Å²) in [5.41, 5.74) is 9.91. The molecule has 0 aliphatic heterocycles. The van der Waals surface area contributed by atoms with E-state index in [4.69, 9.17) is 0 Å². The molecule has 0 N–H and O–H groups in total. The van der Waals surface area contributed by atoms with Crippen LogP contribution in [0.3, 0.4) is 0 Å². The van der Waals surface area contributed by atoms with Gasteiger partial charge in [-0.3, -0.25) is 0 Å². The number of thiophene rings is 2. The van der Waals surface area contributed by atoms with E-state index in [1.807, 2.05) is 22.7 Å². The second-order valence-corrected chi connectivity index (χ2v) is 15.9. The van der Waals surface area contributed by atoms with Crippen LogP contribution in [0, 0.1) is 11.8 Å². The zero-order chi connectivity index (χ0) is 30.0. The average molecular weight is 626 g/mol. The van der Waals surface area contributed by atoms with Crippen molar-refractivity contribution in [2.75, 3.05) is 4.90 Å². The molecule has 3 heteroatoms. The first kappa shape index (κ1) is 25.7. The molecule has 3 atom stereocenters. The van der Waals surface area contributed by atoms with Gasteiger partial charge in [0.25, 0.3) is 0 Å². The zero-order valence-corrected chi connectivity index (χ0v) is 27.0. The summed E-state index contributed by atoms with van der Waals surface area (Å²) in [6, 6.07) is 48.6. The van der Waals surface area contributed by atoms with Crippen LogP contribution >= 0.6 is 22.7 Å². The third-order valence-electron chi connectivity index (χ3n) is 11.5. The van der Waals surface area contributed by atoms with Crippen LogP contribution in [0.5, 0.6) is 0 Å². The number of benzene rings is 6. The van der Waals surface area contributed by atoms with Crippen molar-refractivity contribution in [1.29, 1.82) is 0 Å². The fourth-order valence-corrected chi connectivity index (χ4v) is 11.9. The molecule has 3 unspecified atom stereocenters. The Labute approximate surface area is 276 Å². The highest BCUT2D eigenvalue weighted by atomic mass is 32.1. The summed E-state index contributed by atoms with van der Waals surface area (Å²) < 4.78 is 5.37. The van der Waals surface area contributed by atoms with Crippen molar-refractivity contribution >= 4 is 80.1 Å². The van der Waals surface area contributed by atoms with E-state index in [1.54, 1.807) is 11.1 Å². The Balaban J connectivity index is 1.15. The first-order valence-corrected chi connectivity index (χ1v) is 18.2. The Morgan fingerprint density at radius 2 is 1.07 bits per heavy atom. The lowest BCUT2D eigenvalue weighted by molar-refractivity contribution is 0.327. The van der Waals surface area contributed by atoms with E-state index in [1.165, 1.54) is 94.2 Å². The molecule has 0 radical (unpaired) electrons. The van der Waals surface area contributed by atoms with Crippen LogP contribution in [-0.4, -0.2) is 0 Å². The van der Waals surface area contributed by atoms with Gasteiger partial charge in [0.05, 0.1) is 0 Å². The number of anilines is 3. The maximum atomic E-state index is 2.58. The summed E-state index contributed by atoms with van der Waals surface area (Å²) in [7, 11) is 0. The molecule has 1 spiro atoms. The molecule has 3 aliphatic rings. The monoisotopic (exact) mass is 625 g/mol. The Morgan fingerprint density at radius 3 is 1.72 bits per heavy atom. The summed E-state index contributed by atoms with van der Waals surface area (Å²) in [4.78, 5) is 2.53. The molecule has 0 amide bonds. The van der Waals surface area contributed by atoms with E-state index in [0.29, 0.717) is 0 Å². The van der Waals surface area contributed by atoms with Gasteiger partial charge in [-0.2, -0.15) is 0 Å². The molecule has 8 aromatic rings. The van der Waals surface area contributed by atoms with E-state index in [2.05, 4.69) is 132 Å². The number of nitrogens with zero attached hydrogens (tertiary/aromatic N) is 1. The minimum atomic E-state index is 0.154. The van der Waals surface area contributed by atoms with Crippen molar-refractivity contribution in [2.45, 2.75) is 31.1 Å². The molecule has 2 fully saturated rings. The second kappa shape index (κ2) is 9.31. The lowest BCUT2D eigenvalue weighted by Gasteiger charge is -2.37. The van der Waals surface area contributed by atoms with Gasteiger partial charge in [-0.15, -0.1) is 22.7 Å². The summed E-state index contributed by atoms with van der Waals surface area (Å²) in [6.45, 7) is 0. The van der Waals surface area contributed by atoms with Crippen molar-refractivity contribution < 1.29 is 0 Å². The van der Waals surface area contributed by atoms with Crippen molar-refractivity contribution in [3.05, 3.63) is 139 Å². The second-order valence-electron chi connectivity index (χ2n) is 13.7. The zero-order valence-electron chi connectivity index (χ0n) is 25.4. The number of rotatable bonds is 3. The Morgan fingerprint density at radius 1 is 0.500 bits per heavy atom. The molecule has 2 aromatic heterocycles. The topological polar surface area (TPSA) is 3.24 Å². The van der Waals surface area contributed by atoms with Gasteiger partial charge in [-0.25, -0.2) is 0 Å². The van der Waals surface area contributed by atoms with E-state index in [9.17, 15) is 0 Å². The van der Waals surface area contributed by atoms with Gasteiger partial charge >= 0.3 is 0 Å². The number of fused-ring (bicyclic) bond motifs is 14. The highest BCUT2D eigenvalue weighted by molar-refractivity contribution is 7.26. The minimum Gasteiger partial charge on any atom is -0.310 e. The van der Waals surface area contributed by atoms with Crippen LogP contribution in [0.15, 0.2) is 127 Å². The minimum absolute atomic E-state index is 0.154. The Hall–Kier alpha value is -4.44. The first-order valence-electron chi connectivity index (χ1n) is 16.6. The fourth-order valence-electron chi connectivity index (χ4n) is 9.67. The van der Waals surface area contributed by atoms with Crippen LogP contribution in [0.25, 0.3) is 51.5 Å². The summed E-state index contributed by atoms with van der Waals surface area (Å²) in [5, 5.41) is 5.38. The van der Waals surface area contributed by atoms with Crippen LogP contribution in [-0.2, 0) is 5.41 Å². The maximum absolute atomic E-state index is 2.58. The van der Waals surface area contributed by atoms with E-state index >= 15 is 0 Å². The normalized spacial score (nSPS) is 21.2. The molecular formula is C43H31NS2. The third-order valence-corrected chi connectivity index (χ3v) is 13.8. The highest BCUT2D eigenvalue weighted by Gasteiger charge is 2.56. The van der Waals surface area contributed by atoms with E-state index in [0.717, 1.165) is 11.8 Å². The molecule has 0 saturated heterocycles. The molecule has 1 nitrogen and oxygen atoms in total. The van der Waals surface area contributed by atoms with Gasteiger partial charge in [0, 0.05) is 62.8 Å². The van der Waals surface area contributed by atoms with Crippen LogP contribution in [0.2, 0.25) is 0 Å². The smallest absolute Gasteiger partial charge is 0.0476 e. The van der Waals surface area contributed by atoms with Gasteiger partial charge in [0.1, 0.15) is 0 Å². The SMILES string of the molecule is c1ccc2c(c1)-c1ccc(N(c3ccc4c(c3)sc3ccccc34)c3ccc4c(c3)sc3ccccc34)cc1C21CC2CCC1C2. The van der Waals surface area contributed by atoms with Gasteiger partial charge in [-0.05, 0) is 102 Å².